The van der Waals surface area contributed by atoms with E-state index in [-0.39, 0.29) is 24.1 Å². The Morgan fingerprint density at radius 1 is 1.07 bits per heavy atom. The summed E-state index contributed by atoms with van der Waals surface area (Å²) >= 11 is 0. The van der Waals surface area contributed by atoms with Gasteiger partial charge in [0.25, 0.3) is 11.1 Å². The van der Waals surface area contributed by atoms with Crippen LogP contribution in [0.2, 0.25) is 0 Å². The van der Waals surface area contributed by atoms with Crippen LogP contribution in [0, 0.1) is 0 Å². The number of fused-ring (bicyclic) bond motifs is 1. The summed E-state index contributed by atoms with van der Waals surface area (Å²) in [4.78, 5) is 39.8. The number of aromatic amines is 1. The lowest BCUT2D eigenvalue weighted by atomic mass is 10.0. The van der Waals surface area contributed by atoms with Crippen molar-refractivity contribution < 1.29 is 14.3 Å². The lowest BCUT2D eigenvalue weighted by Crippen LogP contribution is -2.39. The van der Waals surface area contributed by atoms with Crippen LogP contribution in [0.4, 0.5) is 0 Å². The number of carbonyl (C=O) groups is 1. The minimum atomic E-state index is -0.393. The highest BCUT2D eigenvalue weighted by molar-refractivity contribution is 5.81. The molecule has 1 atom stereocenters. The monoisotopic (exact) mass is 409 g/mol. The number of carbonyl (C=O) groups excluding carboxylic acids is 1. The summed E-state index contributed by atoms with van der Waals surface area (Å²) in [6.07, 6.45) is 1.66. The molecule has 1 fully saturated rings. The van der Waals surface area contributed by atoms with E-state index in [0.717, 1.165) is 23.1 Å². The lowest BCUT2D eigenvalue weighted by Gasteiger charge is -2.26. The first-order chi connectivity index (χ1) is 14.5. The van der Waals surface area contributed by atoms with E-state index < -0.39 is 5.56 Å². The molecule has 1 aliphatic heterocycles. The molecule has 1 saturated heterocycles. The quantitative estimate of drug-likeness (QED) is 0.696. The Labute approximate surface area is 172 Å². The molecule has 30 heavy (non-hydrogen) atoms. The third kappa shape index (κ3) is 3.45. The normalized spacial score (nSPS) is 16.1. The largest absolute Gasteiger partial charge is 0.493 e. The molecule has 0 spiro atoms. The van der Waals surface area contributed by atoms with E-state index in [9.17, 15) is 14.4 Å². The molecule has 0 radical (unpaired) electrons. The lowest BCUT2D eigenvalue weighted by molar-refractivity contribution is -0.133. The van der Waals surface area contributed by atoms with Gasteiger partial charge in [-0.1, -0.05) is 18.2 Å². The molecule has 8 heteroatoms. The van der Waals surface area contributed by atoms with Crippen LogP contribution in [-0.4, -0.2) is 41.4 Å². The van der Waals surface area contributed by atoms with Gasteiger partial charge in [-0.05, 0) is 42.7 Å². The molecule has 4 rings (SSSR count). The maximum Gasteiger partial charge on any atom is 0.273 e. The Hall–Kier alpha value is -3.55. The number of H-pyrrole nitrogens is 1. The second-order valence-electron chi connectivity index (χ2n) is 7.24. The smallest absolute Gasteiger partial charge is 0.273 e. The van der Waals surface area contributed by atoms with Gasteiger partial charge in [-0.3, -0.25) is 19.5 Å². The summed E-state index contributed by atoms with van der Waals surface area (Å²) in [6, 6.07) is 12.1. The first-order valence-electron chi connectivity index (χ1n) is 9.76. The van der Waals surface area contributed by atoms with Crippen LogP contribution in [0.1, 0.15) is 24.4 Å². The Balaban J connectivity index is 1.62. The highest BCUT2D eigenvalue weighted by Crippen LogP contribution is 2.36. The van der Waals surface area contributed by atoms with Crippen molar-refractivity contribution in [2.45, 2.75) is 25.4 Å². The molecule has 1 unspecified atom stereocenters. The predicted octanol–water partition coefficient (Wildman–Crippen LogP) is 2.07. The minimum Gasteiger partial charge on any atom is -0.493 e. The molecule has 2 heterocycles. The van der Waals surface area contributed by atoms with Crippen LogP contribution in [0.5, 0.6) is 11.5 Å². The van der Waals surface area contributed by atoms with Crippen molar-refractivity contribution in [1.29, 1.82) is 0 Å². The first-order valence-corrected chi connectivity index (χ1v) is 9.76. The van der Waals surface area contributed by atoms with Crippen LogP contribution >= 0.6 is 0 Å². The van der Waals surface area contributed by atoms with E-state index >= 15 is 0 Å². The number of nitrogens with one attached hydrogen (secondary N) is 1. The van der Waals surface area contributed by atoms with Gasteiger partial charge in [0.1, 0.15) is 6.54 Å². The second-order valence-corrected chi connectivity index (χ2v) is 7.24. The number of methoxy groups -OCH3 is 2. The average Bonchev–Trinajstić information content (AvgIpc) is 3.27. The summed E-state index contributed by atoms with van der Waals surface area (Å²) in [6.45, 7) is 0.368. The average molecular weight is 409 g/mol. The van der Waals surface area contributed by atoms with Crippen molar-refractivity contribution in [3.8, 4) is 11.5 Å². The molecule has 1 aromatic heterocycles. The van der Waals surface area contributed by atoms with Gasteiger partial charge in [0, 0.05) is 6.54 Å². The van der Waals surface area contributed by atoms with Gasteiger partial charge in [-0.2, -0.15) is 0 Å². The minimum absolute atomic E-state index is 0.125. The molecule has 8 nitrogen and oxygen atoms in total. The fraction of sp³-hybridized carbons (Fsp3) is 0.318. The first kappa shape index (κ1) is 19.8. The SMILES string of the molecule is COc1ccc(C2CCCN2C(=O)Cn2[nH]c(=O)c3ccccc3c2=O)cc1OC. The van der Waals surface area contributed by atoms with Crippen LogP contribution in [0.25, 0.3) is 10.8 Å². The standard InChI is InChI=1S/C22H23N3O5/c1-29-18-10-9-14(12-19(18)30-2)17-8-5-11-24(17)20(26)13-25-22(28)16-7-4-3-6-15(16)21(27)23-25/h3-4,6-7,9-10,12,17H,5,8,11,13H2,1-2H3,(H,23,27). The zero-order valence-electron chi connectivity index (χ0n) is 16.9. The second kappa shape index (κ2) is 8.06. The molecular weight excluding hydrogens is 386 g/mol. The molecule has 156 valence electrons. The van der Waals surface area contributed by atoms with Crippen molar-refractivity contribution in [3.63, 3.8) is 0 Å². The van der Waals surface area contributed by atoms with E-state index in [2.05, 4.69) is 5.10 Å². The number of rotatable bonds is 5. The van der Waals surface area contributed by atoms with Gasteiger partial charge in [0.2, 0.25) is 5.91 Å². The fourth-order valence-corrected chi connectivity index (χ4v) is 4.06. The molecule has 1 amide bonds. The Morgan fingerprint density at radius 2 is 1.80 bits per heavy atom. The van der Waals surface area contributed by atoms with Gasteiger partial charge in [0.05, 0.1) is 31.0 Å². The highest BCUT2D eigenvalue weighted by atomic mass is 16.5. The van der Waals surface area contributed by atoms with Gasteiger partial charge in [-0.15, -0.1) is 0 Å². The van der Waals surface area contributed by atoms with Gasteiger partial charge >= 0.3 is 0 Å². The molecule has 3 aromatic rings. The van der Waals surface area contributed by atoms with Gasteiger partial charge in [0.15, 0.2) is 11.5 Å². The number of benzene rings is 2. The van der Waals surface area contributed by atoms with Crippen molar-refractivity contribution in [2.75, 3.05) is 20.8 Å². The van der Waals surface area contributed by atoms with E-state index in [4.69, 9.17) is 9.47 Å². The zero-order chi connectivity index (χ0) is 21.3. The molecule has 1 N–H and O–H groups in total. The highest BCUT2D eigenvalue weighted by Gasteiger charge is 2.31. The summed E-state index contributed by atoms with van der Waals surface area (Å²) in [5.41, 5.74) is 0.161. The molecular formula is C22H23N3O5. The Morgan fingerprint density at radius 3 is 2.53 bits per heavy atom. The number of hydrogen-bond acceptors (Lipinski definition) is 5. The summed E-state index contributed by atoms with van der Waals surface area (Å²) in [7, 11) is 3.15. The number of nitrogens with zero attached hydrogens (tertiary/aromatic N) is 2. The molecule has 0 aliphatic carbocycles. The van der Waals surface area contributed by atoms with Crippen LogP contribution < -0.4 is 20.6 Å². The third-order valence-electron chi connectivity index (χ3n) is 5.54. The predicted molar refractivity (Wildman–Crippen MR) is 112 cm³/mol. The van der Waals surface area contributed by atoms with Gasteiger partial charge < -0.3 is 14.4 Å². The van der Waals surface area contributed by atoms with Crippen molar-refractivity contribution >= 4 is 16.7 Å². The summed E-state index contributed by atoms with van der Waals surface area (Å²) in [5.74, 6) is 1.00. The number of amides is 1. The Kier molecular flexibility index (Phi) is 5.31. The van der Waals surface area contributed by atoms with Crippen molar-refractivity contribution in [3.05, 3.63) is 68.7 Å². The molecule has 0 saturated carbocycles. The number of hydrogen-bond donors (Lipinski definition) is 1. The van der Waals surface area contributed by atoms with Crippen molar-refractivity contribution in [1.82, 2.24) is 14.7 Å². The Bertz CT molecular complexity index is 1210. The number of likely N-dealkylation sites (tertiary alicyclic amines) is 1. The summed E-state index contributed by atoms with van der Waals surface area (Å²) in [5, 5.41) is 3.14. The van der Waals surface area contributed by atoms with Gasteiger partial charge in [-0.25, -0.2) is 4.68 Å². The maximum atomic E-state index is 13.1. The fourth-order valence-electron chi connectivity index (χ4n) is 4.06. The number of ether oxygens (including phenoxy) is 2. The van der Waals surface area contributed by atoms with E-state index in [1.807, 2.05) is 18.2 Å². The molecule has 2 aromatic carbocycles. The zero-order valence-corrected chi connectivity index (χ0v) is 16.9. The van der Waals surface area contributed by atoms with Crippen LogP contribution in [0.3, 0.4) is 0 Å². The molecule has 1 aliphatic rings. The van der Waals surface area contributed by atoms with Crippen LogP contribution in [-0.2, 0) is 11.3 Å². The third-order valence-corrected chi connectivity index (χ3v) is 5.54. The van der Waals surface area contributed by atoms with E-state index in [1.54, 1.807) is 43.4 Å². The summed E-state index contributed by atoms with van der Waals surface area (Å²) < 4.78 is 11.8. The topological polar surface area (TPSA) is 93.6 Å². The van der Waals surface area contributed by atoms with Crippen LogP contribution in [0.15, 0.2) is 52.1 Å². The van der Waals surface area contributed by atoms with E-state index in [1.165, 1.54) is 0 Å². The maximum absolute atomic E-state index is 13.1. The van der Waals surface area contributed by atoms with E-state index in [0.29, 0.717) is 28.8 Å². The number of aromatic nitrogens is 2. The van der Waals surface area contributed by atoms with Crippen molar-refractivity contribution in [2.24, 2.45) is 0 Å². The molecule has 0 bridgehead atoms.